The van der Waals surface area contributed by atoms with Crippen LogP contribution in [0.1, 0.15) is 51.0 Å². The molecule has 1 atom stereocenters. The van der Waals surface area contributed by atoms with E-state index in [1.807, 2.05) is 24.3 Å². The number of amides is 2. The van der Waals surface area contributed by atoms with E-state index >= 15 is 0 Å². The van der Waals surface area contributed by atoms with Gasteiger partial charge in [0.2, 0.25) is 21.8 Å². The summed E-state index contributed by atoms with van der Waals surface area (Å²) in [4.78, 5) is 28.1. The quantitative estimate of drug-likeness (QED) is 0.378. The van der Waals surface area contributed by atoms with Gasteiger partial charge < -0.3 is 15.0 Å². The topological polar surface area (TPSA) is 96.0 Å². The van der Waals surface area contributed by atoms with Gasteiger partial charge in [0.1, 0.15) is 11.8 Å². The van der Waals surface area contributed by atoms with Crippen molar-refractivity contribution in [3.05, 3.63) is 58.1 Å². The molecule has 208 valence electrons. The van der Waals surface area contributed by atoms with Crippen LogP contribution in [0.4, 0.5) is 5.69 Å². The Bertz CT molecular complexity index is 1230. The van der Waals surface area contributed by atoms with Crippen LogP contribution in [-0.4, -0.2) is 57.1 Å². The molecule has 38 heavy (non-hydrogen) atoms. The molecule has 0 aromatic heterocycles. The van der Waals surface area contributed by atoms with Gasteiger partial charge in [0.25, 0.3) is 0 Å². The number of hydrogen-bond donors (Lipinski definition) is 1. The zero-order chi connectivity index (χ0) is 27.9. The minimum absolute atomic E-state index is 0.0281. The van der Waals surface area contributed by atoms with Crippen LogP contribution in [-0.2, 0) is 26.2 Å². The highest BCUT2D eigenvalue weighted by Gasteiger charge is 2.29. The second kappa shape index (κ2) is 13.5. The third kappa shape index (κ3) is 8.25. The molecule has 0 aliphatic heterocycles. The predicted molar refractivity (Wildman–Crippen MR) is 151 cm³/mol. The maximum Gasteiger partial charge on any atom is 0.242 e. The number of carbonyl (C=O) groups excluding carboxylic acids is 2. The smallest absolute Gasteiger partial charge is 0.242 e. The van der Waals surface area contributed by atoms with E-state index in [4.69, 9.17) is 27.9 Å². The Labute approximate surface area is 235 Å². The lowest BCUT2D eigenvalue weighted by Gasteiger charge is -2.30. The van der Waals surface area contributed by atoms with Crippen molar-refractivity contribution in [3.63, 3.8) is 0 Å². The normalized spacial score (nSPS) is 14.7. The van der Waals surface area contributed by atoms with Crippen LogP contribution in [0.2, 0.25) is 10.0 Å². The Hall–Kier alpha value is -2.49. The van der Waals surface area contributed by atoms with Crippen LogP contribution < -0.4 is 14.4 Å². The number of hydrogen-bond acceptors (Lipinski definition) is 5. The Morgan fingerprint density at radius 2 is 1.84 bits per heavy atom. The fraction of sp³-hybridized carbons (Fsp3) is 0.481. The summed E-state index contributed by atoms with van der Waals surface area (Å²) in [7, 11) is -2.12. The summed E-state index contributed by atoms with van der Waals surface area (Å²) < 4.78 is 31.5. The maximum absolute atomic E-state index is 13.5. The number of halogens is 2. The van der Waals surface area contributed by atoms with Gasteiger partial charge in [0.05, 0.1) is 24.1 Å². The predicted octanol–water partition coefficient (Wildman–Crippen LogP) is 5.02. The number of nitrogens with one attached hydrogen (secondary N) is 1. The first-order valence-corrected chi connectivity index (χ1v) is 15.3. The van der Waals surface area contributed by atoms with Crippen LogP contribution >= 0.6 is 23.2 Å². The minimum Gasteiger partial charge on any atom is -0.497 e. The van der Waals surface area contributed by atoms with Crippen molar-refractivity contribution in [2.75, 3.05) is 24.2 Å². The minimum atomic E-state index is -3.69. The summed E-state index contributed by atoms with van der Waals surface area (Å²) in [6, 6.07) is 11.4. The summed E-state index contributed by atoms with van der Waals surface area (Å²) in [5.41, 5.74) is 1.08. The molecule has 0 saturated heterocycles. The molecule has 2 aromatic rings. The average molecular weight is 585 g/mol. The second-order valence-electron chi connectivity index (χ2n) is 9.57. The van der Waals surface area contributed by atoms with E-state index in [9.17, 15) is 18.0 Å². The van der Waals surface area contributed by atoms with Crippen LogP contribution in [0.25, 0.3) is 0 Å². The van der Waals surface area contributed by atoms with Gasteiger partial charge in [-0.1, -0.05) is 48.2 Å². The molecule has 0 heterocycles. The molecule has 3 rings (SSSR count). The SMILES string of the molecule is COc1cccc(CN(C(=O)CCCN(c2cc(Cl)ccc2Cl)S(C)(=O)=O)[C@H](C)C(=O)NC2CCCC2)c1. The van der Waals surface area contributed by atoms with E-state index in [1.54, 1.807) is 20.1 Å². The summed E-state index contributed by atoms with van der Waals surface area (Å²) >= 11 is 12.3. The molecule has 8 nitrogen and oxygen atoms in total. The Balaban J connectivity index is 1.75. The fourth-order valence-corrected chi connectivity index (χ4v) is 6.01. The lowest BCUT2D eigenvalue weighted by Crippen LogP contribution is -2.49. The van der Waals surface area contributed by atoms with Gasteiger partial charge in [-0.05, 0) is 62.1 Å². The molecule has 0 unspecified atom stereocenters. The number of nitrogens with zero attached hydrogens (tertiary/aromatic N) is 2. The molecule has 0 spiro atoms. The molecule has 2 amide bonds. The molecule has 1 N–H and O–H groups in total. The van der Waals surface area contributed by atoms with Crippen LogP contribution in [0.3, 0.4) is 0 Å². The van der Waals surface area contributed by atoms with Gasteiger partial charge in [-0.25, -0.2) is 8.42 Å². The molecule has 1 saturated carbocycles. The standard InChI is InChI=1S/C27H35Cl2N3O5S/c1-19(27(34)30-22-9-4-5-10-22)31(18-20-8-6-11-23(16-20)37-2)26(33)12-7-15-32(38(3,35)36)25-17-21(28)13-14-24(25)29/h6,8,11,13-14,16-17,19,22H,4-5,7,9-10,12,15,18H2,1-3H3,(H,30,34)/t19-/m1/s1. The highest BCUT2D eigenvalue weighted by Crippen LogP contribution is 2.31. The van der Waals surface area contributed by atoms with Crippen molar-refractivity contribution >= 4 is 50.7 Å². The molecular weight excluding hydrogens is 549 g/mol. The molecule has 1 aliphatic carbocycles. The molecule has 0 radical (unpaired) electrons. The molecule has 2 aromatic carbocycles. The zero-order valence-corrected chi connectivity index (χ0v) is 24.3. The van der Waals surface area contributed by atoms with Crippen LogP contribution in [0.5, 0.6) is 5.75 Å². The summed E-state index contributed by atoms with van der Waals surface area (Å²) in [6.07, 6.45) is 5.38. The van der Waals surface area contributed by atoms with Crippen molar-refractivity contribution in [1.82, 2.24) is 10.2 Å². The van der Waals surface area contributed by atoms with Crippen molar-refractivity contribution in [3.8, 4) is 5.75 Å². The first-order valence-electron chi connectivity index (χ1n) is 12.6. The largest absolute Gasteiger partial charge is 0.497 e. The first kappa shape index (κ1) is 30.1. The van der Waals surface area contributed by atoms with Crippen LogP contribution in [0.15, 0.2) is 42.5 Å². The zero-order valence-electron chi connectivity index (χ0n) is 22.0. The number of ether oxygens (including phenoxy) is 1. The fourth-order valence-electron chi connectivity index (χ4n) is 4.60. The number of benzene rings is 2. The van der Waals surface area contributed by atoms with Crippen molar-refractivity contribution in [2.45, 2.75) is 64.1 Å². The lowest BCUT2D eigenvalue weighted by atomic mass is 10.1. The van der Waals surface area contributed by atoms with E-state index in [0.717, 1.165) is 41.8 Å². The molecule has 11 heteroatoms. The molecular formula is C27H35Cl2N3O5S. The van der Waals surface area contributed by atoms with Crippen LogP contribution in [0, 0.1) is 0 Å². The number of rotatable bonds is 12. The lowest BCUT2D eigenvalue weighted by molar-refractivity contribution is -0.141. The molecule has 1 fully saturated rings. The Kier molecular flexibility index (Phi) is 10.7. The van der Waals surface area contributed by atoms with Gasteiger partial charge in [0, 0.05) is 30.6 Å². The van der Waals surface area contributed by atoms with Crippen molar-refractivity contribution in [1.29, 1.82) is 0 Å². The van der Waals surface area contributed by atoms with Crippen molar-refractivity contribution in [2.24, 2.45) is 0 Å². The van der Waals surface area contributed by atoms with E-state index in [2.05, 4.69) is 5.32 Å². The van der Waals surface area contributed by atoms with Gasteiger partial charge >= 0.3 is 0 Å². The third-order valence-electron chi connectivity index (χ3n) is 6.68. The number of carbonyl (C=O) groups is 2. The summed E-state index contributed by atoms with van der Waals surface area (Å²) in [6.45, 7) is 1.96. The highest BCUT2D eigenvalue weighted by molar-refractivity contribution is 7.92. The Morgan fingerprint density at radius 3 is 2.50 bits per heavy atom. The van der Waals surface area contributed by atoms with Gasteiger partial charge in [-0.3, -0.25) is 13.9 Å². The van der Waals surface area contributed by atoms with E-state index in [1.165, 1.54) is 17.0 Å². The maximum atomic E-state index is 13.5. The van der Waals surface area contributed by atoms with Gasteiger partial charge in [-0.15, -0.1) is 0 Å². The number of sulfonamides is 1. The number of anilines is 1. The first-order chi connectivity index (χ1) is 18.0. The van der Waals surface area contributed by atoms with E-state index in [-0.39, 0.29) is 54.5 Å². The van der Waals surface area contributed by atoms with Crippen molar-refractivity contribution < 1.29 is 22.7 Å². The van der Waals surface area contributed by atoms with E-state index < -0.39 is 16.1 Å². The van der Waals surface area contributed by atoms with Gasteiger partial charge in [-0.2, -0.15) is 0 Å². The van der Waals surface area contributed by atoms with Gasteiger partial charge in [0.15, 0.2) is 0 Å². The monoisotopic (exact) mass is 583 g/mol. The third-order valence-corrected chi connectivity index (χ3v) is 8.42. The van der Waals surface area contributed by atoms with E-state index in [0.29, 0.717) is 10.8 Å². The molecule has 0 bridgehead atoms. The highest BCUT2D eigenvalue weighted by atomic mass is 35.5. The summed E-state index contributed by atoms with van der Waals surface area (Å²) in [5, 5.41) is 3.66. The molecule has 1 aliphatic rings. The Morgan fingerprint density at radius 1 is 1.13 bits per heavy atom. The summed E-state index contributed by atoms with van der Waals surface area (Å²) in [5.74, 6) is 0.198. The second-order valence-corrected chi connectivity index (χ2v) is 12.3. The number of methoxy groups -OCH3 is 1. The average Bonchev–Trinajstić information content (AvgIpc) is 3.38.